The number of benzene rings is 2. The van der Waals surface area contributed by atoms with Crippen LogP contribution in [0.3, 0.4) is 0 Å². The minimum atomic E-state index is -1.46. The number of carbonyl (C=O) groups is 2. The number of nitrogens with one attached hydrogen (secondary N) is 1. The molecule has 0 bridgehead atoms. The van der Waals surface area contributed by atoms with Crippen molar-refractivity contribution in [2.24, 2.45) is 17.1 Å². The Balaban J connectivity index is 1.93. The van der Waals surface area contributed by atoms with E-state index in [1.165, 1.54) is 17.7 Å². The number of hydrogen-bond acceptors (Lipinski definition) is 4. The average Bonchev–Trinajstić information content (AvgIpc) is 2.94. The predicted octanol–water partition coefficient (Wildman–Crippen LogP) is 5.23. The fourth-order valence-corrected chi connectivity index (χ4v) is 5.91. The van der Waals surface area contributed by atoms with Crippen molar-refractivity contribution in [3.8, 4) is 0 Å². The van der Waals surface area contributed by atoms with Crippen molar-refractivity contribution in [3.63, 3.8) is 0 Å². The highest BCUT2D eigenvalue weighted by Gasteiger charge is 2.48. The second-order valence-corrected chi connectivity index (χ2v) is 11.5. The highest BCUT2D eigenvalue weighted by Crippen LogP contribution is 2.44. The van der Waals surface area contributed by atoms with E-state index < -0.39 is 35.0 Å². The summed E-state index contributed by atoms with van der Waals surface area (Å²) in [5, 5.41) is 14.9. The Hall–Kier alpha value is -3.36. The maximum absolute atomic E-state index is 14.2. The van der Waals surface area contributed by atoms with Crippen molar-refractivity contribution in [2.75, 3.05) is 20.1 Å². The molecule has 42 heavy (non-hydrogen) atoms. The Morgan fingerprint density at radius 3 is 2.40 bits per heavy atom. The summed E-state index contributed by atoms with van der Waals surface area (Å²) in [4.78, 5) is 28.5. The molecular weight excluding hydrogens is 536 g/mol. The number of nitrogens with two attached hydrogens (primary N) is 1. The Morgan fingerprint density at radius 1 is 1.07 bits per heavy atom. The Labute approximate surface area is 248 Å². The van der Waals surface area contributed by atoms with Gasteiger partial charge in [-0.15, -0.1) is 0 Å². The van der Waals surface area contributed by atoms with Gasteiger partial charge in [-0.25, -0.2) is 8.78 Å². The monoisotopic (exact) mass is 581 g/mol. The topological polar surface area (TPSA) is 95.7 Å². The van der Waals surface area contributed by atoms with Crippen LogP contribution in [0.4, 0.5) is 8.78 Å². The molecule has 0 heterocycles. The number of nitrogens with zero attached hydrogens (tertiary/aromatic N) is 1. The van der Waals surface area contributed by atoms with Gasteiger partial charge in [0.1, 0.15) is 11.6 Å². The standard InChI is InChI=1S/C34H45F2N3O3/c1-5-7-8-12-39(4)32(41)27-13-23(3)19-34(20-27,33(37)42)30(17-26-15-28(35)18-29(36)16-26)31(40)22-38-21-25-11-9-10-24(6-2)14-25/h9-11,13-16,18-19,30-31,38,40H,5-8,12,17,20-22H2,1-4H3,(H2,37,42)/t30-,31+,34?/m1/s1. The molecular formula is C34H45F2N3O3. The Bertz CT molecular complexity index is 1290. The third kappa shape index (κ3) is 8.58. The highest BCUT2D eigenvalue weighted by molar-refractivity contribution is 5.96. The smallest absolute Gasteiger partial charge is 0.249 e. The number of amides is 2. The first-order valence-electron chi connectivity index (χ1n) is 14.9. The van der Waals surface area contributed by atoms with Crippen LogP contribution in [-0.4, -0.2) is 48.1 Å². The summed E-state index contributed by atoms with van der Waals surface area (Å²) in [5.74, 6) is -3.28. The van der Waals surface area contributed by atoms with Crippen LogP contribution in [0.1, 0.15) is 63.1 Å². The number of primary amides is 1. The lowest BCUT2D eigenvalue weighted by Crippen LogP contribution is -2.51. The van der Waals surface area contributed by atoms with Gasteiger partial charge in [0, 0.05) is 44.2 Å². The van der Waals surface area contributed by atoms with E-state index >= 15 is 0 Å². The van der Waals surface area contributed by atoms with Crippen molar-refractivity contribution in [1.29, 1.82) is 0 Å². The molecule has 4 N–H and O–H groups in total. The van der Waals surface area contributed by atoms with Crippen LogP contribution < -0.4 is 11.1 Å². The van der Waals surface area contributed by atoms with E-state index in [4.69, 9.17) is 5.73 Å². The van der Waals surface area contributed by atoms with Gasteiger partial charge in [-0.05, 0) is 61.4 Å². The van der Waals surface area contributed by atoms with Crippen molar-refractivity contribution in [1.82, 2.24) is 10.2 Å². The molecule has 3 atom stereocenters. The van der Waals surface area contributed by atoms with E-state index in [1.54, 1.807) is 31.0 Å². The van der Waals surface area contributed by atoms with Gasteiger partial charge in [0.15, 0.2) is 0 Å². The SMILES string of the molecule is CCCCCN(C)C(=O)C1=CC(C)=CC(C(N)=O)([C@H](Cc2cc(F)cc(F)c2)[C@@H](O)CNCc2cccc(CC)c2)C1. The summed E-state index contributed by atoms with van der Waals surface area (Å²) < 4.78 is 28.4. The molecule has 6 nitrogen and oxygen atoms in total. The van der Waals surface area contributed by atoms with Crippen LogP contribution in [0.25, 0.3) is 0 Å². The van der Waals surface area contributed by atoms with Gasteiger partial charge in [0.2, 0.25) is 11.8 Å². The fourth-order valence-electron chi connectivity index (χ4n) is 5.91. The lowest BCUT2D eigenvalue weighted by atomic mass is 9.63. The van der Waals surface area contributed by atoms with Crippen LogP contribution in [-0.2, 0) is 29.0 Å². The lowest BCUT2D eigenvalue weighted by Gasteiger charge is -2.41. The normalized spacial score (nSPS) is 18.2. The summed E-state index contributed by atoms with van der Waals surface area (Å²) in [6.07, 6.45) is 6.07. The largest absolute Gasteiger partial charge is 0.391 e. The van der Waals surface area contributed by atoms with Gasteiger partial charge in [-0.3, -0.25) is 9.59 Å². The van der Waals surface area contributed by atoms with E-state index in [-0.39, 0.29) is 30.9 Å². The number of likely N-dealkylation sites (N-methyl/N-ethyl adjacent to an activating group) is 1. The molecule has 0 saturated carbocycles. The molecule has 0 saturated heterocycles. The first-order valence-corrected chi connectivity index (χ1v) is 14.9. The molecule has 1 aliphatic rings. The minimum absolute atomic E-state index is 0.0192. The number of aliphatic hydroxyl groups excluding tert-OH is 1. The number of aliphatic hydroxyl groups is 1. The van der Waals surface area contributed by atoms with Crippen molar-refractivity contribution in [3.05, 3.63) is 94.1 Å². The van der Waals surface area contributed by atoms with E-state index in [2.05, 4.69) is 31.3 Å². The molecule has 2 aromatic carbocycles. The quantitative estimate of drug-likeness (QED) is 0.251. The van der Waals surface area contributed by atoms with E-state index in [1.807, 2.05) is 12.1 Å². The van der Waals surface area contributed by atoms with Gasteiger partial charge in [-0.1, -0.05) is 68.7 Å². The molecule has 1 aliphatic carbocycles. The van der Waals surface area contributed by atoms with Crippen LogP contribution in [0.15, 0.2) is 65.8 Å². The number of hydrogen-bond donors (Lipinski definition) is 3. The third-order valence-electron chi connectivity index (χ3n) is 8.13. The van der Waals surface area contributed by atoms with Crippen LogP contribution in [0.5, 0.6) is 0 Å². The molecule has 0 fully saturated rings. The summed E-state index contributed by atoms with van der Waals surface area (Å²) in [7, 11) is 1.73. The molecule has 0 aromatic heterocycles. The van der Waals surface area contributed by atoms with Crippen molar-refractivity contribution >= 4 is 11.8 Å². The van der Waals surface area contributed by atoms with E-state index in [9.17, 15) is 23.5 Å². The second kappa shape index (κ2) is 15.2. The number of allylic oxidation sites excluding steroid dienone is 2. The van der Waals surface area contributed by atoms with Gasteiger partial charge in [0.25, 0.3) is 0 Å². The zero-order valence-electron chi connectivity index (χ0n) is 25.3. The molecule has 2 aromatic rings. The zero-order valence-corrected chi connectivity index (χ0v) is 25.3. The Kier molecular flexibility index (Phi) is 12.0. The van der Waals surface area contributed by atoms with E-state index in [0.717, 1.165) is 37.3 Å². The van der Waals surface area contributed by atoms with Crippen LogP contribution >= 0.6 is 0 Å². The molecule has 2 amide bonds. The summed E-state index contributed by atoms with van der Waals surface area (Å²) in [6.45, 7) is 7.12. The summed E-state index contributed by atoms with van der Waals surface area (Å²) in [6, 6.07) is 11.3. The number of halogens is 2. The number of rotatable bonds is 15. The van der Waals surface area contributed by atoms with Crippen molar-refractivity contribution in [2.45, 2.75) is 71.9 Å². The molecule has 3 rings (SSSR count). The fraction of sp³-hybridized carbons (Fsp3) is 0.471. The third-order valence-corrected chi connectivity index (χ3v) is 8.13. The van der Waals surface area contributed by atoms with Gasteiger partial charge >= 0.3 is 0 Å². The maximum atomic E-state index is 14.2. The molecule has 1 unspecified atom stereocenters. The number of carbonyl (C=O) groups excluding carboxylic acids is 2. The zero-order chi connectivity index (χ0) is 30.9. The molecule has 0 radical (unpaired) electrons. The van der Waals surface area contributed by atoms with Gasteiger partial charge in [-0.2, -0.15) is 0 Å². The van der Waals surface area contributed by atoms with Crippen LogP contribution in [0, 0.1) is 23.0 Å². The maximum Gasteiger partial charge on any atom is 0.249 e. The average molecular weight is 582 g/mol. The molecule has 8 heteroatoms. The summed E-state index contributed by atoms with van der Waals surface area (Å²) in [5.41, 5.74) is 8.24. The number of aryl methyl sites for hydroxylation is 1. The highest BCUT2D eigenvalue weighted by atomic mass is 19.1. The van der Waals surface area contributed by atoms with Gasteiger partial charge in [0.05, 0.1) is 11.5 Å². The second-order valence-electron chi connectivity index (χ2n) is 11.5. The minimum Gasteiger partial charge on any atom is -0.391 e. The van der Waals surface area contributed by atoms with E-state index in [0.29, 0.717) is 24.2 Å². The predicted molar refractivity (Wildman–Crippen MR) is 162 cm³/mol. The summed E-state index contributed by atoms with van der Waals surface area (Å²) >= 11 is 0. The first-order chi connectivity index (χ1) is 20.0. The van der Waals surface area contributed by atoms with Gasteiger partial charge < -0.3 is 21.1 Å². The first kappa shape index (κ1) is 33.1. The van der Waals surface area contributed by atoms with Crippen molar-refractivity contribution < 1.29 is 23.5 Å². The lowest BCUT2D eigenvalue weighted by molar-refractivity contribution is -0.131. The molecule has 228 valence electrons. The number of unbranched alkanes of at least 4 members (excludes halogenated alkanes) is 2. The molecule has 0 aliphatic heterocycles. The Morgan fingerprint density at radius 2 is 1.76 bits per heavy atom. The van der Waals surface area contributed by atoms with Crippen LogP contribution in [0.2, 0.25) is 0 Å². The molecule has 0 spiro atoms.